The van der Waals surface area contributed by atoms with Crippen molar-refractivity contribution in [1.82, 2.24) is 9.80 Å². The number of hydrogen-bond donors (Lipinski definition) is 0. The van der Waals surface area contributed by atoms with Crippen molar-refractivity contribution in [3.8, 4) is 0 Å². The summed E-state index contributed by atoms with van der Waals surface area (Å²) >= 11 is 0. The Morgan fingerprint density at radius 3 is 1.00 bits per heavy atom. The average molecular weight is 622 g/mol. The number of ether oxygens (including phenoxy) is 2. The van der Waals surface area contributed by atoms with Gasteiger partial charge in [-0.1, -0.05) is 0 Å². The van der Waals surface area contributed by atoms with Crippen LogP contribution >= 0.6 is 0 Å². The van der Waals surface area contributed by atoms with Gasteiger partial charge >= 0.3 is 60.6 Å². The second-order valence-electron chi connectivity index (χ2n) is 6.83. The molecule has 0 amide bonds. The Hall–Kier alpha value is -2.12. The van der Waals surface area contributed by atoms with Gasteiger partial charge in [0.05, 0.1) is 0 Å². The monoisotopic (exact) mass is 622 g/mol. The van der Waals surface area contributed by atoms with Crippen LogP contribution in [0.4, 0.5) is 96.6 Å². The highest BCUT2D eigenvalue weighted by Gasteiger charge is 2.91. The number of nitrogens with zero attached hydrogens (tertiary/aromatic N) is 2. The zero-order valence-corrected chi connectivity index (χ0v) is 16.0. The summed E-state index contributed by atoms with van der Waals surface area (Å²) in [4.78, 5) is -8.73. The predicted octanol–water partition coefficient (Wildman–Crippen LogP) is 6.73. The molecule has 2 aliphatic rings. The summed E-state index contributed by atoms with van der Waals surface area (Å²) in [6.07, 6.45) is -37.8. The Morgan fingerprint density at radius 1 is 0.474 bits per heavy atom. The predicted molar refractivity (Wildman–Crippen MR) is 64.6 cm³/mol. The van der Waals surface area contributed by atoms with Gasteiger partial charge in [0.2, 0.25) is 11.8 Å². The summed E-state index contributed by atoms with van der Waals surface area (Å²) in [6.45, 7) is 0. The van der Waals surface area contributed by atoms with E-state index in [9.17, 15) is 96.6 Å². The molecule has 0 aliphatic carbocycles. The van der Waals surface area contributed by atoms with Gasteiger partial charge < -0.3 is 0 Å². The van der Waals surface area contributed by atoms with E-state index in [0.717, 1.165) is 0 Å². The van der Waals surface area contributed by atoms with Gasteiger partial charge in [-0.25, -0.2) is 23.2 Å². The average Bonchev–Trinajstić information content (AvgIpc) is 2.61. The Balaban J connectivity index is 3.06. The van der Waals surface area contributed by atoms with Crippen LogP contribution in [0.25, 0.3) is 0 Å². The zero-order valence-electron chi connectivity index (χ0n) is 16.0. The van der Waals surface area contributed by atoms with E-state index in [1.54, 1.807) is 9.47 Å². The van der Waals surface area contributed by atoms with Crippen LogP contribution in [-0.4, -0.2) is 70.4 Å². The lowest BCUT2D eigenvalue weighted by Gasteiger charge is -2.52. The molecule has 2 aliphatic heterocycles. The second kappa shape index (κ2) is 7.75. The Bertz CT molecular complexity index is 949. The molecule has 0 N–H and O–H groups in total. The minimum atomic E-state index is -8.45. The highest BCUT2D eigenvalue weighted by molar-refractivity contribution is 5.22. The fraction of sp³-hybridized carbons (Fsp3) is 0.833. The molecule has 38 heavy (non-hydrogen) atoms. The fourth-order valence-corrected chi connectivity index (χ4v) is 2.66. The SMILES string of the molecule is F/C(=C(/F)C(F)(N1C(F)(F)C(F)(F)OC(F)(F)C1(F)F)C(F)(F)F)N1C(F)(F)C(F)(F)OC(F)(F)C1(F)F. The van der Waals surface area contributed by atoms with Crippen molar-refractivity contribution in [2.45, 2.75) is 60.6 Å². The van der Waals surface area contributed by atoms with Crippen LogP contribution in [0.15, 0.2) is 11.8 Å². The maximum Gasteiger partial charge on any atom is 0.445 e. The van der Waals surface area contributed by atoms with E-state index in [4.69, 9.17) is 0 Å². The smallest absolute Gasteiger partial charge is 0.243 e. The van der Waals surface area contributed by atoms with E-state index in [1.807, 2.05) is 0 Å². The number of alkyl halides is 20. The number of hydrogen-bond acceptors (Lipinski definition) is 4. The molecule has 2 saturated heterocycles. The lowest BCUT2D eigenvalue weighted by atomic mass is 10.1. The van der Waals surface area contributed by atoms with Gasteiger partial charge in [0.1, 0.15) is 0 Å². The molecule has 0 aromatic rings. The van der Waals surface area contributed by atoms with Crippen molar-refractivity contribution in [2.24, 2.45) is 0 Å². The van der Waals surface area contributed by atoms with Crippen LogP contribution in [0.2, 0.25) is 0 Å². The molecular formula is C12F22N2O2. The van der Waals surface area contributed by atoms with Gasteiger partial charge in [-0.05, 0) is 0 Å². The molecule has 4 nitrogen and oxygen atoms in total. The maximum absolute atomic E-state index is 14.7. The molecule has 0 aromatic heterocycles. The first-order valence-corrected chi connectivity index (χ1v) is 8.07. The van der Waals surface area contributed by atoms with E-state index in [2.05, 4.69) is 0 Å². The zero-order chi connectivity index (χ0) is 30.7. The number of morpholine rings is 2. The summed E-state index contributed by atoms with van der Waals surface area (Å²) in [5.41, 5.74) is 0. The van der Waals surface area contributed by atoms with Crippen LogP contribution in [0.3, 0.4) is 0 Å². The van der Waals surface area contributed by atoms with Gasteiger partial charge in [0, 0.05) is 0 Å². The summed E-state index contributed by atoms with van der Waals surface area (Å²) in [6, 6.07) is -31.2. The summed E-state index contributed by atoms with van der Waals surface area (Å²) in [7, 11) is 0. The summed E-state index contributed by atoms with van der Waals surface area (Å²) in [5.74, 6) is -19.8. The van der Waals surface area contributed by atoms with E-state index in [1.165, 1.54) is 0 Å². The van der Waals surface area contributed by atoms with Crippen molar-refractivity contribution in [1.29, 1.82) is 0 Å². The standard InChI is InChI=1S/C12F22N2O2/c13-1(2(14)35-5(19,20)9(27,28)37-10(29,30)6(35,21)22)3(15,4(16,17)18)36-7(23,24)11(31,32)38-12(33,34)8(36,25)26/b2-1-. The first-order chi connectivity index (χ1) is 16.2. The second-order valence-corrected chi connectivity index (χ2v) is 6.83. The van der Waals surface area contributed by atoms with E-state index >= 15 is 0 Å². The molecule has 224 valence electrons. The molecule has 1 unspecified atom stereocenters. The molecule has 1 atom stereocenters. The van der Waals surface area contributed by atoms with Crippen LogP contribution < -0.4 is 0 Å². The third-order valence-electron chi connectivity index (χ3n) is 4.39. The molecule has 0 spiro atoms. The van der Waals surface area contributed by atoms with E-state index < -0.39 is 82.2 Å². The third-order valence-corrected chi connectivity index (χ3v) is 4.39. The molecule has 26 heteroatoms. The molecular weight excluding hydrogens is 622 g/mol. The number of halogens is 22. The number of rotatable bonds is 3. The van der Waals surface area contributed by atoms with E-state index in [0.29, 0.717) is 0 Å². The van der Waals surface area contributed by atoms with Gasteiger partial charge in [-0.3, -0.25) is 0 Å². The van der Waals surface area contributed by atoms with Crippen LogP contribution in [0, 0.1) is 0 Å². The molecule has 0 radical (unpaired) electrons. The minimum absolute atomic E-state index is 1.57. The lowest BCUT2D eigenvalue weighted by molar-refractivity contribution is -0.585. The quantitative estimate of drug-likeness (QED) is 0.258. The van der Waals surface area contributed by atoms with Crippen molar-refractivity contribution in [2.75, 3.05) is 0 Å². The molecule has 0 bridgehead atoms. The minimum Gasteiger partial charge on any atom is -0.243 e. The molecule has 2 heterocycles. The van der Waals surface area contributed by atoms with Gasteiger partial charge in [-0.2, -0.15) is 87.8 Å². The van der Waals surface area contributed by atoms with Gasteiger partial charge in [0.15, 0.2) is 0 Å². The highest BCUT2D eigenvalue weighted by atomic mass is 19.4. The topological polar surface area (TPSA) is 24.9 Å². The van der Waals surface area contributed by atoms with E-state index in [-0.39, 0.29) is 0 Å². The van der Waals surface area contributed by atoms with Crippen molar-refractivity contribution in [3.05, 3.63) is 11.8 Å². The van der Waals surface area contributed by atoms with Crippen LogP contribution in [0.1, 0.15) is 0 Å². The van der Waals surface area contributed by atoms with Crippen molar-refractivity contribution >= 4 is 0 Å². The lowest BCUT2D eigenvalue weighted by Crippen LogP contribution is -2.80. The largest absolute Gasteiger partial charge is 0.445 e. The van der Waals surface area contributed by atoms with Crippen LogP contribution in [-0.2, 0) is 9.47 Å². The highest BCUT2D eigenvalue weighted by Crippen LogP contribution is 2.64. The van der Waals surface area contributed by atoms with Gasteiger partial charge in [0.25, 0.3) is 0 Å². The fourth-order valence-electron chi connectivity index (χ4n) is 2.66. The first-order valence-electron chi connectivity index (χ1n) is 8.07. The van der Waals surface area contributed by atoms with Crippen LogP contribution in [0.5, 0.6) is 0 Å². The first kappa shape index (κ1) is 32.1. The molecule has 2 rings (SSSR count). The Morgan fingerprint density at radius 2 is 0.737 bits per heavy atom. The Kier molecular flexibility index (Phi) is 6.54. The summed E-state index contributed by atoms with van der Waals surface area (Å²) < 4.78 is 300. The van der Waals surface area contributed by atoms with Crippen molar-refractivity contribution in [3.63, 3.8) is 0 Å². The molecule has 0 saturated carbocycles. The summed E-state index contributed by atoms with van der Waals surface area (Å²) in [5, 5.41) is 0. The maximum atomic E-state index is 14.7. The van der Waals surface area contributed by atoms with Crippen molar-refractivity contribution < 1.29 is 106 Å². The molecule has 0 aromatic carbocycles. The third kappa shape index (κ3) is 3.75. The Labute approximate surface area is 189 Å². The normalized spacial score (nSPS) is 31.3. The van der Waals surface area contributed by atoms with Gasteiger partial charge in [-0.15, -0.1) is 4.90 Å². The molecule has 2 fully saturated rings.